The molecular formula is C31H31N5O. The smallest absolute Gasteiger partial charge is 0.0900 e. The van der Waals surface area contributed by atoms with Crippen molar-refractivity contribution in [3.8, 4) is 17.1 Å². The normalized spacial score (nSPS) is 18.4. The third-order valence-electron chi connectivity index (χ3n) is 7.29. The van der Waals surface area contributed by atoms with Crippen molar-refractivity contribution < 1.29 is 4.74 Å². The number of ether oxygens (including phenoxy) is 1. The lowest BCUT2D eigenvalue weighted by atomic mass is 9.93. The third-order valence-corrected chi connectivity index (χ3v) is 7.29. The summed E-state index contributed by atoms with van der Waals surface area (Å²) in [7, 11) is 1.81. The van der Waals surface area contributed by atoms with Crippen molar-refractivity contribution in [2.24, 2.45) is 4.99 Å². The molecule has 0 saturated heterocycles. The van der Waals surface area contributed by atoms with Gasteiger partial charge >= 0.3 is 0 Å². The molecule has 37 heavy (non-hydrogen) atoms. The Labute approximate surface area is 217 Å². The number of benzene rings is 3. The van der Waals surface area contributed by atoms with Gasteiger partial charge in [-0.2, -0.15) is 0 Å². The number of fused-ring (bicyclic) bond motifs is 2. The molecule has 186 valence electrons. The summed E-state index contributed by atoms with van der Waals surface area (Å²) in [4.78, 5) is 14.8. The molecule has 0 atom stereocenters. The predicted molar refractivity (Wildman–Crippen MR) is 149 cm³/mol. The fourth-order valence-electron chi connectivity index (χ4n) is 5.27. The highest BCUT2D eigenvalue weighted by Crippen LogP contribution is 2.31. The van der Waals surface area contributed by atoms with E-state index >= 15 is 0 Å². The number of anilines is 2. The zero-order chi connectivity index (χ0) is 25.2. The van der Waals surface area contributed by atoms with Gasteiger partial charge in [-0.15, -0.1) is 0 Å². The van der Waals surface area contributed by atoms with Crippen molar-refractivity contribution >= 4 is 22.4 Å². The standard InChI is InChI=1S/C31H31N5O/c1-21-25(12-8-18-32-21)34-27-19-29-31(20-28(27)33-22-14-16-24(37-2)17-15-22)36(23-9-4-3-5-10-23)30-13-7-6-11-26(30)35-29/h3-13,18-20,22,24,34H,14-17H2,1-2H3/b33-28+. The Morgan fingerprint density at radius 2 is 1.68 bits per heavy atom. The average Bonchev–Trinajstić information content (AvgIpc) is 2.94. The van der Waals surface area contributed by atoms with Gasteiger partial charge < -0.3 is 14.6 Å². The Hall–Kier alpha value is -4.03. The summed E-state index contributed by atoms with van der Waals surface area (Å²) in [6.45, 7) is 2.02. The minimum atomic E-state index is 0.262. The fourth-order valence-corrected chi connectivity index (χ4v) is 5.27. The molecule has 0 radical (unpaired) electrons. The Balaban J connectivity index is 1.58. The van der Waals surface area contributed by atoms with E-state index in [2.05, 4.69) is 75.5 Å². The molecule has 3 aliphatic rings. The summed E-state index contributed by atoms with van der Waals surface area (Å²) in [5.41, 5.74) is 7.91. The molecule has 6 rings (SSSR count). The minimum Gasteiger partial charge on any atom is -0.381 e. The van der Waals surface area contributed by atoms with Crippen LogP contribution in [0.4, 0.5) is 11.4 Å². The van der Waals surface area contributed by atoms with Gasteiger partial charge in [0.1, 0.15) is 0 Å². The Kier molecular flexibility index (Phi) is 6.41. The van der Waals surface area contributed by atoms with E-state index in [-0.39, 0.29) is 6.04 Å². The molecule has 0 bridgehead atoms. The molecule has 2 heterocycles. The maximum Gasteiger partial charge on any atom is 0.0900 e. The van der Waals surface area contributed by atoms with Crippen molar-refractivity contribution in [3.05, 3.63) is 96.1 Å². The first kappa shape index (κ1) is 23.4. The molecule has 1 fully saturated rings. The van der Waals surface area contributed by atoms with Crippen molar-refractivity contribution in [2.75, 3.05) is 12.4 Å². The van der Waals surface area contributed by atoms with Crippen molar-refractivity contribution in [3.63, 3.8) is 0 Å². The molecule has 2 aromatic carbocycles. The first-order chi connectivity index (χ1) is 18.2. The van der Waals surface area contributed by atoms with Crippen LogP contribution in [0.25, 0.3) is 28.1 Å². The summed E-state index contributed by atoms with van der Waals surface area (Å²) in [5.74, 6) is 0. The fraction of sp³-hybridized carbons (Fsp3) is 0.258. The van der Waals surface area contributed by atoms with Crippen LogP contribution in [0.1, 0.15) is 31.4 Å². The lowest BCUT2D eigenvalue weighted by Gasteiger charge is -2.25. The van der Waals surface area contributed by atoms with Gasteiger partial charge in [-0.1, -0.05) is 30.3 Å². The van der Waals surface area contributed by atoms with Crippen LogP contribution in [0.5, 0.6) is 0 Å². The number of nitrogens with zero attached hydrogens (tertiary/aromatic N) is 4. The molecule has 0 spiro atoms. The van der Waals surface area contributed by atoms with E-state index in [0.29, 0.717) is 6.10 Å². The topological polar surface area (TPSA) is 64.3 Å². The van der Waals surface area contributed by atoms with E-state index in [1.807, 2.05) is 38.4 Å². The second kappa shape index (κ2) is 10.1. The predicted octanol–water partition coefficient (Wildman–Crippen LogP) is 6.44. The van der Waals surface area contributed by atoms with Gasteiger partial charge in [0, 0.05) is 19.0 Å². The van der Waals surface area contributed by atoms with Crippen LogP contribution in [-0.2, 0) is 4.74 Å². The van der Waals surface area contributed by atoms with Crippen molar-refractivity contribution in [1.29, 1.82) is 0 Å². The number of aromatic nitrogens is 3. The summed E-state index contributed by atoms with van der Waals surface area (Å²) in [5, 5.41) is 4.56. The second-order valence-electron chi connectivity index (χ2n) is 9.69. The summed E-state index contributed by atoms with van der Waals surface area (Å²) in [6.07, 6.45) is 6.29. The Morgan fingerprint density at radius 3 is 2.46 bits per heavy atom. The molecule has 6 heteroatoms. The summed E-state index contributed by atoms with van der Waals surface area (Å²) in [6, 6.07) is 27.4. The number of para-hydroxylation sites is 3. The summed E-state index contributed by atoms with van der Waals surface area (Å²) >= 11 is 0. The van der Waals surface area contributed by atoms with Gasteiger partial charge in [0.25, 0.3) is 0 Å². The van der Waals surface area contributed by atoms with Gasteiger partial charge in [-0.05, 0) is 81.1 Å². The summed E-state index contributed by atoms with van der Waals surface area (Å²) < 4.78 is 7.89. The molecule has 3 aromatic rings. The zero-order valence-electron chi connectivity index (χ0n) is 21.3. The monoisotopic (exact) mass is 489 g/mol. The lowest BCUT2D eigenvalue weighted by molar-refractivity contribution is 0.0663. The Bertz CT molecular complexity index is 1570. The van der Waals surface area contributed by atoms with Crippen LogP contribution in [0.15, 0.2) is 90.1 Å². The molecule has 6 nitrogen and oxygen atoms in total. The van der Waals surface area contributed by atoms with Crippen LogP contribution in [-0.4, -0.2) is 33.8 Å². The first-order valence-corrected chi connectivity index (χ1v) is 13.0. The maximum absolute atomic E-state index is 5.60. The molecular weight excluding hydrogens is 458 g/mol. The van der Waals surface area contributed by atoms with Gasteiger partial charge in [0.05, 0.1) is 57.0 Å². The van der Waals surface area contributed by atoms with Gasteiger partial charge in [-0.25, -0.2) is 4.98 Å². The Morgan fingerprint density at radius 1 is 0.892 bits per heavy atom. The molecule has 0 amide bonds. The second-order valence-corrected chi connectivity index (χ2v) is 9.69. The van der Waals surface area contributed by atoms with Crippen LogP contribution in [0, 0.1) is 6.92 Å². The number of aryl methyl sites for hydroxylation is 1. The van der Waals surface area contributed by atoms with E-state index in [4.69, 9.17) is 14.7 Å². The van der Waals surface area contributed by atoms with Gasteiger partial charge in [-0.3, -0.25) is 9.98 Å². The minimum absolute atomic E-state index is 0.262. The SMILES string of the molecule is COC1CCC(/N=c2\cc3n(-c4ccccc4)c4ccccc4nc-3cc2Nc2cccnc2C)CC1. The molecule has 1 aliphatic heterocycles. The first-order valence-electron chi connectivity index (χ1n) is 13.0. The quantitative estimate of drug-likeness (QED) is 0.289. The van der Waals surface area contributed by atoms with E-state index in [1.165, 1.54) is 0 Å². The van der Waals surface area contributed by atoms with Crippen LogP contribution in [0.3, 0.4) is 0 Å². The lowest BCUT2D eigenvalue weighted by Crippen LogP contribution is -2.25. The van der Waals surface area contributed by atoms with Crippen LogP contribution < -0.4 is 10.7 Å². The largest absolute Gasteiger partial charge is 0.381 e. The van der Waals surface area contributed by atoms with E-state index in [1.54, 1.807) is 0 Å². The highest BCUT2D eigenvalue weighted by molar-refractivity contribution is 5.84. The van der Waals surface area contributed by atoms with Gasteiger partial charge in [0.2, 0.25) is 0 Å². The number of rotatable bonds is 5. The molecule has 2 aliphatic carbocycles. The van der Waals surface area contributed by atoms with E-state index < -0.39 is 0 Å². The maximum atomic E-state index is 5.60. The highest BCUT2D eigenvalue weighted by atomic mass is 16.5. The van der Waals surface area contributed by atoms with Crippen molar-refractivity contribution in [1.82, 2.24) is 14.5 Å². The molecule has 0 unspecified atom stereocenters. The van der Waals surface area contributed by atoms with Crippen molar-refractivity contribution in [2.45, 2.75) is 44.8 Å². The number of hydrogen-bond acceptors (Lipinski definition) is 5. The molecule has 1 saturated carbocycles. The molecule has 1 N–H and O–H groups in total. The number of methoxy groups -OCH3 is 1. The number of pyridine rings is 1. The third kappa shape index (κ3) is 4.72. The van der Waals surface area contributed by atoms with E-state index in [0.717, 1.165) is 76.2 Å². The zero-order valence-corrected chi connectivity index (χ0v) is 21.3. The number of nitrogens with one attached hydrogen (secondary N) is 1. The molecule has 1 aromatic heterocycles. The average molecular weight is 490 g/mol. The van der Waals surface area contributed by atoms with Crippen LogP contribution in [0.2, 0.25) is 0 Å². The van der Waals surface area contributed by atoms with Gasteiger partial charge in [0.15, 0.2) is 0 Å². The van der Waals surface area contributed by atoms with E-state index in [9.17, 15) is 0 Å². The van der Waals surface area contributed by atoms with Crippen LogP contribution >= 0.6 is 0 Å². The highest BCUT2D eigenvalue weighted by Gasteiger charge is 2.21. The number of hydrogen-bond donors (Lipinski definition) is 1.